The van der Waals surface area contributed by atoms with E-state index in [2.05, 4.69) is 27.0 Å². The Bertz CT molecular complexity index is 814. The fourth-order valence-electron chi connectivity index (χ4n) is 3.62. The quantitative estimate of drug-likeness (QED) is 0.728. The zero-order valence-corrected chi connectivity index (χ0v) is 15.8. The van der Waals surface area contributed by atoms with Gasteiger partial charge in [0.2, 0.25) is 12.4 Å². The molecule has 0 atom stereocenters. The van der Waals surface area contributed by atoms with Gasteiger partial charge < -0.3 is 19.6 Å². The fraction of sp³-hybridized carbons (Fsp3) is 0.400. The minimum absolute atomic E-state index is 0.0529. The van der Waals surface area contributed by atoms with Gasteiger partial charge in [0, 0.05) is 64.2 Å². The molecular weight excluding hydrogens is 356 g/mol. The maximum atomic E-state index is 12.9. The molecule has 2 aliphatic heterocycles. The molecule has 3 heterocycles. The first-order valence-electron chi connectivity index (χ1n) is 9.61. The standard InChI is InChI=1S/C20H24N6O2/c27-16-23-8-10-26(11-9-23)20-21-7-6-18(22-20)19(28)25-14-12-24(13-15-25)17-4-2-1-3-5-17/h1-7,16H,8-15H2. The molecule has 8 heteroatoms. The fourth-order valence-corrected chi connectivity index (χ4v) is 3.62. The molecule has 1 aromatic heterocycles. The molecule has 2 saturated heterocycles. The number of rotatable bonds is 4. The number of nitrogens with zero attached hydrogens (tertiary/aromatic N) is 6. The van der Waals surface area contributed by atoms with Crippen LogP contribution < -0.4 is 9.80 Å². The van der Waals surface area contributed by atoms with Gasteiger partial charge in [-0.15, -0.1) is 0 Å². The number of hydrogen-bond donors (Lipinski definition) is 0. The molecular formula is C20H24N6O2. The first-order chi connectivity index (χ1) is 13.7. The lowest BCUT2D eigenvalue weighted by atomic mass is 10.2. The van der Waals surface area contributed by atoms with Crippen LogP contribution in [0.1, 0.15) is 10.5 Å². The number of hydrogen-bond acceptors (Lipinski definition) is 6. The van der Waals surface area contributed by atoms with Crippen molar-refractivity contribution in [2.45, 2.75) is 0 Å². The molecule has 2 amide bonds. The first kappa shape index (κ1) is 18.2. The number of piperazine rings is 2. The van der Waals surface area contributed by atoms with E-state index in [4.69, 9.17) is 0 Å². The third-order valence-electron chi connectivity index (χ3n) is 5.30. The summed E-state index contributed by atoms with van der Waals surface area (Å²) >= 11 is 0. The molecule has 4 rings (SSSR count). The highest BCUT2D eigenvalue weighted by Gasteiger charge is 2.24. The lowest BCUT2D eigenvalue weighted by Crippen LogP contribution is -2.49. The highest BCUT2D eigenvalue weighted by atomic mass is 16.2. The number of carbonyl (C=O) groups excluding carboxylic acids is 2. The van der Waals surface area contributed by atoms with Gasteiger partial charge in [0.15, 0.2) is 0 Å². The van der Waals surface area contributed by atoms with E-state index in [1.165, 1.54) is 5.69 Å². The molecule has 8 nitrogen and oxygen atoms in total. The van der Waals surface area contributed by atoms with Crippen LogP contribution in [0.2, 0.25) is 0 Å². The SMILES string of the molecule is O=CN1CCN(c2nccc(C(=O)N3CCN(c4ccccc4)CC3)n2)CC1. The smallest absolute Gasteiger partial charge is 0.272 e. The number of anilines is 2. The third-order valence-corrected chi connectivity index (χ3v) is 5.30. The maximum absolute atomic E-state index is 12.9. The Morgan fingerprint density at radius 2 is 1.54 bits per heavy atom. The van der Waals surface area contributed by atoms with Crippen molar-refractivity contribution in [2.75, 3.05) is 62.2 Å². The van der Waals surface area contributed by atoms with Crippen LogP contribution in [0.5, 0.6) is 0 Å². The molecule has 28 heavy (non-hydrogen) atoms. The zero-order chi connectivity index (χ0) is 19.3. The summed E-state index contributed by atoms with van der Waals surface area (Å²) in [6.45, 7) is 5.59. The van der Waals surface area contributed by atoms with E-state index in [1.807, 2.05) is 28.0 Å². The molecule has 0 saturated carbocycles. The van der Waals surface area contributed by atoms with E-state index >= 15 is 0 Å². The predicted molar refractivity (Wildman–Crippen MR) is 106 cm³/mol. The summed E-state index contributed by atoms with van der Waals surface area (Å²) in [6.07, 6.45) is 2.51. The molecule has 0 N–H and O–H groups in total. The Morgan fingerprint density at radius 1 is 0.857 bits per heavy atom. The molecule has 2 aliphatic rings. The van der Waals surface area contributed by atoms with Crippen molar-refractivity contribution in [1.29, 1.82) is 0 Å². The topological polar surface area (TPSA) is 72.9 Å². The van der Waals surface area contributed by atoms with E-state index in [-0.39, 0.29) is 5.91 Å². The lowest BCUT2D eigenvalue weighted by Gasteiger charge is -2.36. The van der Waals surface area contributed by atoms with Crippen LogP contribution >= 0.6 is 0 Å². The number of benzene rings is 1. The van der Waals surface area contributed by atoms with E-state index < -0.39 is 0 Å². The molecule has 0 aliphatic carbocycles. The van der Waals surface area contributed by atoms with Crippen molar-refractivity contribution in [3.63, 3.8) is 0 Å². The van der Waals surface area contributed by atoms with Crippen LogP contribution in [0.3, 0.4) is 0 Å². The third kappa shape index (κ3) is 3.90. The summed E-state index contributed by atoms with van der Waals surface area (Å²) in [5.41, 5.74) is 1.62. The van der Waals surface area contributed by atoms with Gasteiger partial charge in [-0.2, -0.15) is 0 Å². The van der Waals surface area contributed by atoms with Crippen LogP contribution in [0.25, 0.3) is 0 Å². The van der Waals surface area contributed by atoms with Crippen molar-refractivity contribution >= 4 is 24.0 Å². The molecule has 146 valence electrons. The number of carbonyl (C=O) groups is 2. The summed E-state index contributed by atoms with van der Waals surface area (Å²) in [4.78, 5) is 40.5. The molecule has 0 bridgehead atoms. The number of aromatic nitrogens is 2. The van der Waals surface area contributed by atoms with Crippen molar-refractivity contribution in [2.24, 2.45) is 0 Å². The monoisotopic (exact) mass is 380 g/mol. The van der Waals surface area contributed by atoms with Crippen LogP contribution in [-0.2, 0) is 4.79 Å². The molecule has 0 unspecified atom stereocenters. The van der Waals surface area contributed by atoms with E-state index in [1.54, 1.807) is 17.2 Å². The molecule has 0 radical (unpaired) electrons. The van der Waals surface area contributed by atoms with Crippen molar-refractivity contribution in [3.05, 3.63) is 48.3 Å². The van der Waals surface area contributed by atoms with Gasteiger partial charge in [0.25, 0.3) is 5.91 Å². The Hall–Kier alpha value is -3.16. The molecule has 2 aromatic rings. The van der Waals surface area contributed by atoms with E-state index in [0.29, 0.717) is 50.9 Å². The first-order valence-corrected chi connectivity index (χ1v) is 9.61. The number of para-hydroxylation sites is 1. The van der Waals surface area contributed by atoms with Crippen LogP contribution in [-0.4, -0.2) is 84.4 Å². The van der Waals surface area contributed by atoms with E-state index in [9.17, 15) is 9.59 Å². The van der Waals surface area contributed by atoms with Gasteiger partial charge in [-0.3, -0.25) is 9.59 Å². The normalized spacial score (nSPS) is 17.6. The summed E-state index contributed by atoms with van der Waals surface area (Å²) < 4.78 is 0. The van der Waals surface area contributed by atoms with Gasteiger partial charge in [0.05, 0.1) is 0 Å². The van der Waals surface area contributed by atoms with Gasteiger partial charge in [-0.1, -0.05) is 18.2 Å². The maximum Gasteiger partial charge on any atom is 0.272 e. The largest absolute Gasteiger partial charge is 0.368 e. The van der Waals surface area contributed by atoms with Crippen molar-refractivity contribution in [3.8, 4) is 0 Å². The van der Waals surface area contributed by atoms with Crippen molar-refractivity contribution < 1.29 is 9.59 Å². The average Bonchev–Trinajstić information content (AvgIpc) is 2.79. The van der Waals surface area contributed by atoms with Crippen LogP contribution in [0, 0.1) is 0 Å². The summed E-state index contributed by atoms with van der Waals surface area (Å²) in [7, 11) is 0. The molecule has 2 fully saturated rings. The Balaban J connectivity index is 1.38. The van der Waals surface area contributed by atoms with E-state index in [0.717, 1.165) is 19.5 Å². The van der Waals surface area contributed by atoms with Crippen molar-refractivity contribution in [1.82, 2.24) is 19.8 Å². The second-order valence-electron chi connectivity index (χ2n) is 6.99. The number of amides is 2. The van der Waals surface area contributed by atoms with Gasteiger partial charge in [-0.05, 0) is 18.2 Å². The average molecular weight is 380 g/mol. The van der Waals surface area contributed by atoms with Gasteiger partial charge in [0.1, 0.15) is 5.69 Å². The summed E-state index contributed by atoms with van der Waals surface area (Å²) in [5, 5.41) is 0. The minimum atomic E-state index is -0.0529. The zero-order valence-electron chi connectivity index (χ0n) is 15.8. The van der Waals surface area contributed by atoms with Crippen LogP contribution in [0.15, 0.2) is 42.6 Å². The second kappa shape index (κ2) is 8.24. The Labute approximate surface area is 164 Å². The molecule has 0 spiro atoms. The molecule has 1 aromatic carbocycles. The van der Waals surface area contributed by atoms with Gasteiger partial charge in [-0.25, -0.2) is 9.97 Å². The second-order valence-corrected chi connectivity index (χ2v) is 6.99. The lowest BCUT2D eigenvalue weighted by molar-refractivity contribution is -0.118. The highest BCUT2D eigenvalue weighted by molar-refractivity contribution is 5.92. The predicted octanol–water partition coefficient (Wildman–Crippen LogP) is 0.717. The Kier molecular flexibility index (Phi) is 5.36. The van der Waals surface area contributed by atoms with Gasteiger partial charge >= 0.3 is 0 Å². The summed E-state index contributed by atoms with van der Waals surface area (Å²) in [6, 6.07) is 11.9. The summed E-state index contributed by atoms with van der Waals surface area (Å²) in [5.74, 6) is 0.502. The Morgan fingerprint density at radius 3 is 2.21 bits per heavy atom. The minimum Gasteiger partial charge on any atom is -0.368 e. The highest BCUT2D eigenvalue weighted by Crippen LogP contribution is 2.17. The van der Waals surface area contributed by atoms with Crippen LogP contribution in [0.4, 0.5) is 11.6 Å².